The maximum atomic E-state index is 11.8. The Morgan fingerprint density at radius 2 is 1.37 bits per heavy atom. The maximum absolute atomic E-state index is 11.8. The van der Waals surface area contributed by atoms with Crippen LogP contribution < -0.4 is 0 Å². The van der Waals surface area contributed by atoms with Crippen LogP contribution in [-0.4, -0.2) is 21.6 Å². The summed E-state index contributed by atoms with van der Waals surface area (Å²) in [7, 11) is 0. The Morgan fingerprint density at radius 1 is 0.947 bits per heavy atom. The van der Waals surface area contributed by atoms with Crippen molar-refractivity contribution >= 4 is 11.8 Å². The number of nitrogens with zero attached hydrogens (tertiary/aromatic N) is 2. The van der Waals surface area contributed by atoms with Crippen molar-refractivity contribution in [2.45, 2.75) is 46.4 Å². The molecule has 100 valence electrons. The summed E-state index contributed by atoms with van der Waals surface area (Å²) >= 11 is 0. The van der Waals surface area contributed by atoms with Crippen molar-refractivity contribution < 1.29 is 9.59 Å². The SMILES string of the molecule is CCC(=O)N1Cc2cc3c(cc2C1)CN(C(C)=O)C3. The van der Waals surface area contributed by atoms with E-state index in [4.69, 9.17) is 0 Å². The zero-order valence-electron chi connectivity index (χ0n) is 11.4. The molecule has 19 heavy (non-hydrogen) atoms. The summed E-state index contributed by atoms with van der Waals surface area (Å²) < 4.78 is 0. The summed E-state index contributed by atoms with van der Waals surface area (Å²) in [6, 6.07) is 4.35. The summed E-state index contributed by atoms with van der Waals surface area (Å²) in [5.74, 6) is 0.334. The predicted molar refractivity (Wildman–Crippen MR) is 70.9 cm³/mol. The van der Waals surface area contributed by atoms with E-state index in [1.165, 1.54) is 22.3 Å². The van der Waals surface area contributed by atoms with Crippen molar-refractivity contribution in [3.8, 4) is 0 Å². The third kappa shape index (κ3) is 2.01. The molecule has 0 saturated carbocycles. The fourth-order valence-corrected chi connectivity index (χ4v) is 2.94. The Balaban J connectivity index is 1.84. The average molecular weight is 258 g/mol. The molecule has 0 fully saturated rings. The number of hydrogen-bond acceptors (Lipinski definition) is 2. The lowest BCUT2D eigenvalue weighted by Crippen LogP contribution is -2.24. The molecule has 0 radical (unpaired) electrons. The van der Waals surface area contributed by atoms with Crippen LogP contribution in [0, 0.1) is 0 Å². The second-order valence-electron chi connectivity index (χ2n) is 5.37. The van der Waals surface area contributed by atoms with Gasteiger partial charge in [-0.15, -0.1) is 0 Å². The number of carbonyl (C=O) groups is 2. The second kappa shape index (κ2) is 4.37. The fourth-order valence-electron chi connectivity index (χ4n) is 2.94. The van der Waals surface area contributed by atoms with Gasteiger partial charge in [0.15, 0.2) is 0 Å². The van der Waals surface area contributed by atoms with Gasteiger partial charge in [0.1, 0.15) is 0 Å². The van der Waals surface area contributed by atoms with Crippen molar-refractivity contribution in [1.29, 1.82) is 0 Å². The molecule has 1 aromatic rings. The highest BCUT2D eigenvalue weighted by Gasteiger charge is 2.27. The van der Waals surface area contributed by atoms with E-state index in [-0.39, 0.29) is 11.8 Å². The zero-order valence-corrected chi connectivity index (χ0v) is 11.4. The molecule has 0 aromatic heterocycles. The molecule has 0 spiro atoms. The van der Waals surface area contributed by atoms with Crippen LogP contribution in [0.2, 0.25) is 0 Å². The van der Waals surface area contributed by atoms with E-state index in [0.717, 1.165) is 13.1 Å². The number of carbonyl (C=O) groups excluding carboxylic acids is 2. The third-order valence-electron chi connectivity index (χ3n) is 4.07. The van der Waals surface area contributed by atoms with Crippen LogP contribution in [0.15, 0.2) is 12.1 Å². The van der Waals surface area contributed by atoms with E-state index in [1.54, 1.807) is 6.92 Å². The molecular weight excluding hydrogens is 240 g/mol. The van der Waals surface area contributed by atoms with E-state index in [0.29, 0.717) is 19.5 Å². The number of rotatable bonds is 1. The van der Waals surface area contributed by atoms with Crippen LogP contribution in [-0.2, 0) is 35.8 Å². The average Bonchev–Trinajstić information content (AvgIpc) is 2.97. The molecule has 0 N–H and O–H groups in total. The smallest absolute Gasteiger partial charge is 0.222 e. The van der Waals surface area contributed by atoms with Crippen molar-refractivity contribution in [2.24, 2.45) is 0 Å². The molecule has 4 heteroatoms. The normalized spacial score (nSPS) is 16.5. The van der Waals surface area contributed by atoms with Gasteiger partial charge in [-0.05, 0) is 22.3 Å². The van der Waals surface area contributed by atoms with Gasteiger partial charge < -0.3 is 9.80 Å². The molecule has 2 heterocycles. The van der Waals surface area contributed by atoms with Crippen LogP contribution in [0.4, 0.5) is 0 Å². The van der Waals surface area contributed by atoms with E-state index in [9.17, 15) is 9.59 Å². The van der Waals surface area contributed by atoms with Gasteiger partial charge in [0.25, 0.3) is 0 Å². The molecule has 3 rings (SSSR count). The third-order valence-corrected chi connectivity index (χ3v) is 4.07. The van der Waals surface area contributed by atoms with Gasteiger partial charge in [-0.2, -0.15) is 0 Å². The van der Waals surface area contributed by atoms with E-state index >= 15 is 0 Å². The summed E-state index contributed by atoms with van der Waals surface area (Å²) in [5, 5.41) is 0. The largest absolute Gasteiger partial charge is 0.334 e. The van der Waals surface area contributed by atoms with E-state index in [1.807, 2.05) is 16.7 Å². The lowest BCUT2D eigenvalue weighted by molar-refractivity contribution is -0.131. The Labute approximate surface area is 113 Å². The van der Waals surface area contributed by atoms with Crippen LogP contribution >= 0.6 is 0 Å². The van der Waals surface area contributed by atoms with Gasteiger partial charge in [-0.25, -0.2) is 0 Å². The quantitative estimate of drug-likeness (QED) is 0.770. The zero-order chi connectivity index (χ0) is 13.6. The first-order chi connectivity index (χ1) is 9.08. The maximum Gasteiger partial charge on any atom is 0.222 e. The Morgan fingerprint density at radius 3 is 1.74 bits per heavy atom. The van der Waals surface area contributed by atoms with Crippen LogP contribution in [0.3, 0.4) is 0 Å². The standard InChI is InChI=1S/C15H18N2O2/c1-3-15(19)17-8-13-4-11-6-16(10(2)18)7-12(11)5-14(13)9-17/h4-5H,3,6-9H2,1-2H3. The summed E-state index contributed by atoms with van der Waals surface area (Å²) in [4.78, 5) is 26.9. The van der Waals surface area contributed by atoms with E-state index in [2.05, 4.69) is 12.1 Å². The van der Waals surface area contributed by atoms with Gasteiger partial charge in [0.05, 0.1) is 0 Å². The van der Waals surface area contributed by atoms with Gasteiger partial charge in [-0.1, -0.05) is 19.1 Å². The topological polar surface area (TPSA) is 40.6 Å². The van der Waals surface area contributed by atoms with Crippen molar-refractivity contribution in [2.75, 3.05) is 0 Å². The first-order valence-corrected chi connectivity index (χ1v) is 6.75. The van der Waals surface area contributed by atoms with Crippen LogP contribution in [0.1, 0.15) is 42.5 Å². The lowest BCUT2D eigenvalue weighted by atomic mass is 10.0. The Hall–Kier alpha value is -1.84. The van der Waals surface area contributed by atoms with Crippen molar-refractivity contribution in [3.63, 3.8) is 0 Å². The molecule has 0 atom stereocenters. The number of hydrogen-bond donors (Lipinski definition) is 0. The molecule has 2 amide bonds. The summed E-state index contributed by atoms with van der Waals surface area (Å²) in [5.41, 5.74) is 4.95. The first kappa shape index (κ1) is 12.2. The minimum Gasteiger partial charge on any atom is -0.334 e. The van der Waals surface area contributed by atoms with Gasteiger partial charge in [0.2, 0.25) is 11.8 Å². The molecule has 2 aliphatic rings. The molecule has 2 aliphatic heterocycles. The van der Waals surface area contributed by atoms with Crippen molar-refractivity contribution in [3.05, 3.63) is 34.4 Å². The fraction of sp³-hybridized carbons (Fsp3) is 0.467. The number of benzene rings is 1. The minimum atomic E-state index is 0.124. The molecule has 4 nitrogen and oxygen atoms in total. The van der Waals surface area contributed by atoms with E-state index < -0.39 is 0 Å². The highest BCUT2D eigenvalue weighted by Crippen LogP contribution is 2.31. The van der Waals surface area contributed by atoms with Crippen LogP contribution in [0.25, 0.3) is 0 Å². The highest BCUT2D eigenvalue weighted by molar-refractivity contribution is 5.77. The summed E-state index contributed by atoms with van der Waals surface area (Å²) in [6.45, 7) is 6.36. The highest BCUT2D eigenvalue weighted by atomic mass is 16.2. The molecule has 0 bridgehead atoms. The molecular formula is C15H18N2O2. The second-order valence-corrected chi connectivity index (χ2v) is 5.37. The first-order valence-electron chi connectivity index (χ1n) is 6.75. The molecule has 0 aliphatic carbocycles. The van der Waals surface area contributed by atoms with Crippen molar-refractivity contribution in [1.82, 2.24) is 9.80 Å². The predicted octanol–water partition coefficient (Wildman–Crippen LogP) is 1.80. The Bertz CT molecular complexity index is 531. The number of fused-ring (bicyclic) bond motifs is 2. The van der Waals surface area contributed by atoms with Gasteiger partial charge in [-0.3, -0.25) is 9.59 Å². The molecule has 0 saturated heterocycles. The Kier molecular flexibility index (Phi) is 2.81. The minimum absolute atomic E-state index is 0.124. The molecule has 0 unspecified atom stereocenters. The number of amides is 2. The molecule has 1 aromatic carbocycles. The summed E-state index contributed by atoms with van der Waals surface area (Å²) in [6.07, 6.45) is 0.561. The monoisotopic (exact) mass is 258 g/mol. The van der Waals surface area contributed by atoms with Crippen LogP contribution in [0.5, 0.6) is 0 Å². The van der Waals surface area contributed by atoms with Gasteiger partial charge in [0, 0.05) is 39.5 Å². The van der Waals surface area contributed by atoms with Gasteiger partial charge >= 0.3 is 0 Å². The lowest BCUT2D eigenvalue weighted by Gasteiger charge is -2.13.